The summed E-state index contributed by atoms with van der Waals surface area (Å²) < 4.78 is 22.2. The van der Waals surface area contributed by atoms with E-state index >= 15 is 0 Å². The molecule has 5 heteroatoms. The summed E-state index contributed by atoms with van der Waals surface area (Å²) >= 11 is 0. The molecule has 0 saturated carbocycles. The lowest BCUT2D eigenvalue weighted by Gasteiger charge is -2.23. The van der Waals surface area contributed by atoms with Crippen molar-refractivity contribution in [3.05, 3.63) is 29.8 Å². The van der Waals surface area contributed by atoms with Crippen LogP contribution in [0.15, 0.2) is 24.3 Å². The molecule has 0 radical (unpaired) electrons. The van der Waals surface area contributed by atoms with Gasteiger partial charge >= 0.3 is 0 Å². The van der Waals surface area contributed by atoms with Gasteiger partial charge in [-0.3, -0.25) is 0 Å². The van der Waals surface area contributed by atoms with E-state index in [1.165, 1.54) is 0 Å². The molecule has 0 amide bonds. The van der Waals surface area contributed by atoms with E-state index in [9.17, 15) is 8.42 Å². The van der Waals surface area contributed by atoms with E-state index in [4.69, 9.17) is 10.7 Å². The van der Waals surface area contributed by atoms with Crippen LogP contribution in [0.5, 0.6) is 0 Å². The summed E-state index contributed by atoms with van der Waals surface area (Å²) in [5, 5.41) is 0. The van der Waals surface area contributed by atoms with Crippen LogP contribution in [0.25, 0.3) is 0 Å². The molecule has 1 aromatic carbocycles. The Balaban J connectivity index is 3.09. The Morgan fingerprint density at radius 1 is 1.19 bits per heavy atom. The Morgan fingerprint density at radius 2 is 1.75 bits per heavy atom. The molecule has 0 bridgehead atoms. The summed E-state index contributed by atoms with van der Waals surface area (Å²) in [5.74, 6) is -0.124. The molecular formula is C11H16ClNO2S. The SMILES string of the molecule is CCN(CC)c1ccccc1CS(=O)(=O)Cl. The molecule has 0 fully saturated rings. The van der Waals surface area contributed by atoms with Gasteiger partial charge in [-0.1, -0.05) is 18.2 Å². The molecule has 1 rings (SSSR count). The maximum absolute atomic E-state index is 11.1. The normalized spacial score (nSPS) is 11.4. The van der Waals surface area contributed by atoms with Crippen LogP contribution in [-0.4, -0.2) is 21.5 Å². The maximum Gasteiger partial charge on any atom is 0.236 e. The zero-order valence-corrected chi connectivity index (χ0v) is 11.1. The van der Waals surface area contributed by atoms with Gasteiger partial charge in [-0.15, -0.1) is 0 Å². The fourth-order valence-corrected chi connectivity index (χ4v) is 2.66. The van der Waals surface area contributed by atoms with Gasteiger partial charge in [-0.25, -0.2) is 8.42 Å². The third-order valence-electron chi connectivity index (χ3n) is 2.42. The van der Waals surface area contributed by atoms with E-state index in [1.807, 2.05) is 32.0 Å². The molecule has 0 spiro atoms. The van der Waals surface area contributed by atoms with Crippen LogP contribution in [0.3, 0.4) is 0 Å². The van der Waals surface area contributed by atoms with Gasteiger partial charge < -0.3 is 4.90 Å². The first-order valence-corrected chi connectivity index (χ1v) is 7.71. The summed E-state index contributed by atoms with van der Waals surface area (Å²) in [6, 6.07) is 7.44. The molecule has 0 N–H and O–H groups in total. The highest BCUT2D eigenvalue weighted by molar-refractivity contribution is 8.13. The van der Waals surface area contributed by atoms with Crippen LogP contribution in [0.4, 0.5) is 5.69 Å². The van der Waals surface area contributed by atoms with Gasteiger partial charge in [0.05, 0.1) is 5.75 Å². The van der Waals surface area contributed by atoms with Crippen molar-refractivity contribution in [1.29, 1.82) is 0 Å². The third kappa shape index (κ3) is 3.68. The summed E-state index contributed by atoms with van der Waals surface area (Å²) in [6.07, 6.45) is 0. The van der Waals surface area contributed by atoms with Gasteiger partial charge in [0, 0.05) is 29.5 Å². The zero-order chi connectivity index (χ0) is 12.2. The lowest BCUT2D eigenvalue weighted by atomic mass is 10.2. The summed E-state index contributed by atoms with van der Waals surface area (Å²) in [5.41, 5.74) is 1.69. The maximum atomic E-state index is 11.1. The van der Waals surface area contributed by atoms with Crippen LogP contribution >= 0.6 is 10.7 Å². The first-order valence-electron chi connectivity index (χ1n) is 5.23. The Morgan fingerprint density at radius 3 is 2.25 bits per heavy atom. The van der Waals surface area contributed by atoms with Gasteiger partial charge in [0.2, 0.25) is 9.05 Å². The van der Waals surface area contributed by atoms with Gasteiger partial charge in [0.1, 0.15) is 0 Å². The van der Waals surface area contributed by atoms with Crippen molar-refractivity contribution in [2.24, 2.45) is 0 Å². The number of rotatable bonds is 5. The number of nitrogens with zero attached hydrogens (tertiary/aromatic N) is 1. The molecular weight excluding hydrogens is 246 g/mol. The molecule has 0 aromatic heterocycles. The smallest absolute Gasteiger partial charge is 0.236 e. The standard InChI is InChI=1S/C11H16ClNO2S/c1-3-13(4-2)11-8-6-5-7-10(11)9-16(12,14)15/h5-8H,3-4,9H2,1-2H3. The Hall–Kier alpha value is -0.740. The van der Waals surface area contributed by atoms with E-state index < -0.39 is 9.05 Å². The molecule has 0 aliphatic heterocycles. The van der Waals surface area contributed by atoms with Crippen LogP contribution in [-0.2, 0) is 14.8 Å². The average Bonchev–Trinajstić information content (AvgIpc) is 2.20. The Labute approximate surface area is 101 Å². The Kier molecular flexibility index (Phi) is 4.62. The molecule has 16 heavy (non-hydrogen) atoms. The minimum absolute atomic E-state index is 0.124. The summed E-state index contributed by atoms with van der Waals surface area (Å²) in [7, 11) is 1.78. The molecule has 90 valence electrons. The second-order valence-electron chi connectivity index (χ2n) is 3.48. The minimum Gasteiger partial charge on any atom is -0.372 e. The first kappa shape index (κ1) is 13.3. The van der Waals surface area contributed by atoms with E-state index in [2.05, 4.69) is 4.90 Å². The average molecular weight is 262 g/mol. The van der Waals surface area contributed by atoms with Crippen molar-refractivity contribution in [2.75, 3.05) is 18.0 Å². The van der Waals surface area contributed by atoms with Crippen molar-refractivity contribution in [2.45, 2.75) is 19.6 Å². The highest BCUT2D eigenvalue weighted by Crippen LogP contribution is 2.23. The number of hydrogen-bond acceptors (Lipinski definition) is 3. The predicted octanol–water partition coefficient (Wildman–Crippen LogP) is 2.60. The highest BCUT2D eigenvalue weighted by atomic mass is 35.7. The van der Waals surface area contributed by atoms with Gasteiger partial charge in [-0.2, -0.15) is 0 Å². The molecule has 0 aliphatic carbocycles. The van der Waals surface area contributed by atoms with Crippen molar-refractivity contribution < 1.29 is 8.42 Å². The number of benzene rings is 1. The molecule has 0 aliphatic rings. The quantitative estimate of drug-likeness (QED) is 0.765. The molecule has 1 aromatic rings. The van der Waals surface area contributed by atoms with Crippen molar-refractivity contribution in [3.63, 3.8) is 0 Å². The van der Waals surface area contributed by atoms with Gasteiger partial charge in [-0.05, 0) is 25.5 Å². The topological polar surface area (TPSA) is 37.4 Å². The number of halogens is 1. The van der Waals surface area contributed by atoms with Crippen molar-refractivity contribution in [1.82, 2.24) is 0 Å². The van der Waals surface area contributed by atoms with Crippen LogP contribution in [0, 0.1) is 0 Å². The zero-order valence-electron chi connectivity index (χ0n) is 9.48. The lowest BCUT2D eigenvalue weighted by Crippen LogP contribution is -2.23. The fraction of sp³-hybridized carbons (Fsp3) is 0.455. The number of para-hydroxylation sites is 1. The summed E-state index contributed by atoms with van der Waals surface area (Å²) in [6.45, 7) is 5.76. The van der Waals surface area contributed by atoms with Crippen LogP contribution in [0.2, 0.25) is 0 Å². The molecule has 0 saturated heterocycles. The third-order valence-corrected chi connectivity index (χ3v) is 3.41. The second-order valence-corrected chi connectivity index (χ2v) is 6.26. The fourth-order valence-electron chi connectivity index (χ4n) is 1.69. The number of anilines is 1. The Bertz CT molecular complexity index is 441. The lowest BCUT2D eigenvalue weighted by molar-refractivity contribution is 0.609. The minimum atomic E-state index is -3.50. The predicted molar refractivity (Wildman–Crippen MR) is 68.5 cm³/mol. The van der Waals surface area contributed by atoms with Crippen LogP contribution in [0.1, 0.15) is 19.4 Å². The van der Waals surface area contributed by atoms with Crippen molar-refractivity contribution in [3.8, 4) is 0 Å². The largest absolute Gasteiger partial charge is 0.372 e. The molecule has 0 atom stereocenters. The van der Waals surface area contributed by atoms with Crippen LogP contribution < -0.4 is 4.90 Å². The first-order chi connectivity index (χ1) is 7.48. The van der Waals surface area contributed by atoms with Gasteiger partial charge in [0.25, 0.3) is 0 Å². The van der Waals surface area contributed by atoms with Gasteiger partial charge in [0.15, 0.2) is 0 Å². The second kappa shape index (κ2) is 5.55. The molecule has 0 unspecified atom stereocenters. The number of hydrogen-bond donors (Lipinski definition) is 0. The molecule has 0 heterocycles. The van der Waals surface area contributed by atoms with E-state index in [0.29, 0.717) is 0 Å². The van der Waals surface area contributed by atoms with E-state index in [-0.39, 0.29) is 5.75 Å². The highest BCUT2D eigenvalue weighted by Gasteiger charge is 2.13. The molecule has 3 nitrogen and oxygen atoms in total. The van der Waals surface area contributed by atoms with Crippen molar-refractivity contribution >= 4 is 25.4 Å². The van der Waals surface area contributed by atoms with E-state index in [0.717, 1.165) is 24.3 Å². The summed E-state index contributed by atoms with van der Waals surface area (Å²) in [4.78, 5) is 2.11. The van der Waals surface area contributed by atoms with E-state index in [1.54, 1.807) is 6.07 Å². The monoisotopic (exact) mass is 261 g/mol.